The number of carbonyl (C=O) groups excluding carboxylic acids is 1. The zero-order chi connectivity index (χ0) is 13.8. The van der Waals surface area contributed by atoms with E-state index in [9.17, 15) is 4.79 Å². The predicted molar refractivity (Wildman–Crippen MR) is 80.3 cm³/mol. The lowest BCUT2D eigenvalue weighted by Crippen LogP contribution is -2.38. The topological polar surface area (TPSA) is 32.3 Å². The fourth-order valence-electron chi connectivity index (χ4n) is 2.54. The Bertz CT molecular complexity index is 422. The Hall–Kier alpha value is -0.870. The average molecular weight is 280 g/mol. The van der Waals surface area contributed by atoms with Crippen LogP contribution in [0.4, 0.5) is 0 Å². The molecule has 0 spiro atoms. The van der Waals surface area contributed by atoms with E-state index in [4.69, 9.17) is 0 Å². The van der Waals surface area contributed by atoms with Crippen molar-refractivity contribution in [1.29, 1.82) is 0 Å². The van der Waals surface area contributed by atoms with E-state index in [1.54, 1.807) is 11.3 Å². The SMILES string of the molecule is Cc1ccsc1CN(CC(C)C)C(=O)[C@H]1CCNC1. The molecule has 1 N–H and O–H groups in total. The van der Waals surface area contributed by atoms with E-state index in [1.807, 2.05) is 0 Å². The van der Waals surface area contributed by atoms with Gasteiger partial charge < -0.3 is 10.2 Å². The van der Waals surface area contributed by atoms with Gasteiger partial charge >= 0.3 is 0 Å². The summed E-state index contributed by atoms with van der Waals surface area (Å²) in [6.07, 6.45) is 0.983. The van der Waals surface area contributed by atoms with Gasteiger partial charge in [0.15, 0.2) is 0 Å². The Morgan fingerprint density at radius 3 is 2.89 bits per heavy atom. The molecule has 1 amide bonds. The molecule has 0 unspecified atom stereocenters. The summed E-state index contributed by atoms with van der Waals surface area (Å²) in [7, 11) is 0. The molecule has 1 aromatic rings. The van der Waals surface area contributed by atoms with Crippen LogP contribution in [0.15, 0.2) is 11.4 Å². The average Bonchev–Trinajstić information content (AvgIpc) is 2.99. The van der Waals surface area contributed by atoms with E-state index < -0.39 is 0 Å². The summed E-state index contributed by atoms with van der Waals surface area (Å²) in [6.45, 7) is 9.92. The minimum Gasteiger partial charge on any atom is -0.337 e. The van der Waals surface area contributed by atoms with Crippen molar-refractivity contribution < 1.29 is 4.79 Å². The van der Waals surface area contributed by atoms with Gasteiger partial charge in [0.2, 0.25) is 5.91 Å². The van der Waals surface area contributed by atoms with Crippen molar-refractivity contribution in [1.82, 2.24) is 10.2 Å². The largest absolute Gasteiger partial charge is 0.337 e. The summed E-state index contributed by atoms with van der Waals surface area (Å²) in [5, 5.41) is 5.40. The second-order valence-electron chi connectivity index (χ2n) is 5.83. The molecule has 106 valence electrons. The standard InChI is InChI=1S/C15H24N2OS/c1-11(2)9-17(10-14-12(3)5-7-19-14)15(18)13-4-6-16-8-13/h5,7,11,13,16H,4,6,8-10H2,1-3H3/t13-/m0/s1. The number of hydrogen-bond donors (Lipinski definition) is 1. The molecular formula is C15H24N2OS. The van der Waals surface area contributed by atoms with Crippen LogP contribution in [0.3, 0.4) is 0 Å². The first-order valence-corrected chi connectivity index (χ1v) is 7.98. The Morgan fingerprint density at radius 2 is 2.37 bits per heavy atom. The number of hydrogen-bond acceptors (Lipinski definition) is 3. The quantitative estimate of drug-likeness (QED) is 0.899. The summed E-state index contributed by atoms with van der Waals surface area (Å²) < 4.78 is 0. The normalized spacial score (nSPS) is 19.1. The number of aryl methyl sites for hydroxylation is 1. The molecule has 1 aliphatic heterocycles. The molecule has 0 saturated carbocycles. The highest BCUT2D eigenvalue weighted by atomic mass is 32.1. The Kier molecular flexibility index (Phi) is 4.99. The number of rotatable bonds is 5. The molecule has 0 aromatic carbocycles. The zero-order valence-corrected chi connectivity index (χ0v) is 12.9. The molecule has 19 heavy (non-hydrogen) atoms. The van der Waals surface area contributed by atoms with E-state index >= 15 is 0 Å². The summed E-state index contributed by atoms with van der Waals surface area (Å²) in [5.41, 5.74) is 1.30. The minimum absolute atomic E-state index is 0.180. The van der Waals surface area contributed by atoms with Crippen LogP contribution in [0.25, 0.3) is 0 Å². The summed E-state index contributed by atoms with van der Waals surface area (Å²) in [5.74, 6) is 1.02. The van der Waals surface area contributed by atoms with Crippen molar-refractivity contribution in [2.45, 2.75) is 33.7 Å². The van der Waals surface area contributed by atoms with E-state index in [-0.39, 0.29) is 5.92 Å². The third-order valence-corrected chi connectivity index (χ3v) is 4.62. The molecule has 3 nitrogen and oxygen atoms in total. The molecular weight excluding hydrogens is 256 g/mol. The first-order chi connectivity index (χ1) is 9.08. The molecule has 0 radical (unpaired) electrons. The van der Waals surface area contributed by atoms with Crippen molar-refractivity contribution in [3.05, 3.63) is 21.9 Å². The molecule has 0 bridgehead atoms. The van der Waals surface area contributed by atoms with Gasteiger partial charge in [-0.3, -0.25) is 4.79 Å². The van der Waals surface area contributed by atoms with Gasteiger partial charge in [0.05, 0.1) is 12.5 Å². The molecule has 1 aromatic heterocycles. The van der Waals surface area contributed by atoms with E-state index in [0.29, 0.717) is 11.8 Å². The highest BCUT2D eigenvalue weighted by Gasteiger charge is 2.27. The van der Waals surface area contributed by atoms with E-state index in [2.05, 4.69) is 42.4 Å². The molecule has 2 heterocycles. The smallest absolute Gasteiger partial charge is 0.227 e. The van der Waals surface area contributed by atoms with Crippen LogP contribution in [0, 0.1) is 18.8 Å². The molecule has 0 aliphatic carbocycles. The van der Waals surface area contributed by atoms with Gasteiger partial charge in [-0.1, -0.05) is 13.8 Å². The molecule has 1 fully saturated rings. The first kappa shape index (κ1) is 14.5. The van der Waals surface area contributed by atoms with Gasteiger partial charge in [-0.2, -0.15) is 0 Å². The minimum atomic E-state index is 0.180. The lowest BCUT2D eigenvalue weighted by molar-refractivity contribution is -0.136. The second-order valence-corrected chi connectivity index (χ2v) is 6.83. The number of nitrogens with zero attached hydrogens (tertiary/aromatic N) is 1. The molecule has 4 heteroatoms. The van der Waals surface area contributed by atoms with Crippen molar-refractivity contribution in [3.8, 4) is 0 Å². The van der Waals surface area contributed by atoms with Crippen LogP contribution in [0.2, 0.25) is 0 Å². The Balaban J connectivity index is 2.06. The monoisotopic (exact) mass is 280 g/mol. The Morgan fingerprint density at radius 1 is 1.58 bits per heavy atom. The van der Waals surface area contributed by atoms with Gasteiger partial charge in [-0.25, -0.2) is 0 Å². The van der Waals surface area contributed by atoms with Gasteiger partial charge in [0.25, 0.3) is 0 Å². The van der Waals surface area contributed by atoms with Crippen LogP contribution in [0.5, 0.6) is 0 Å². The fourth-order valence-corrected chi connectivity index (χ4v) is 3.46. The first-order valence-electron chi connectivity index (χ1n) is 7.10. The van der Waals surface area contributed by atoms with Gasteiger partial charge in [-0.15, -0.1) is 11.3 Å². The van der Waals surface area contributed by atoms with E-state index in [1.165, 1.54) is 10.4 Å². The zero-order valence-electron chi connectivity index (χ0n) is 12.1. The number of amides is 1. The van der Waals surface area contributed by atoms with Gasteiger partial charge in [0, 0.05) is 18.0 Å². The van der Waals surface area contributed by atoms with Crippen molar-refractivity contribution in [2.75, 3.05) is 19.6 Å². The van der Waals surface area contributed by atoms with Crippen molar-refractivity contribution >= 4 is 17.2 Å². The highest BCUT2D eigenvalue weighted by molar-refractivity contribution is 7.10. The second kappa shape index (κ2) is 6.53. The van der Waals surface area contributed by atoms with E-state index in [0.717, 1.165) is 32.6 Å². The number of carbonyl (C=O) groups is 1. The predicted octanol–water partition coefficient (Wildman–Crippen LogP) is 2.65. The van der Waals surface area contributed by atoms with Crippen LogP contribution in [0.1, 0.15) is 30.7 Å². The van der Waals surface area contributed by atoms with Crippen LogP contribution in [-0.4, -0.2) is 30.4 Å². The summed E-state index contributed by atoms with van der Waals surface area (Å²) >= 11 is 1.76. The number of nitrogens with one attached hydrogen (secondary N) is 1. The van der Waals surface area contributed by atoms with Crippen LogP contribution >= 0.6 is 11.3 Å². The maximum atomic E-state index is 12.6. The fraction of sp³-hybridized carbons (Fsp3) is 0.667. The third-order valence-electron chi connectivity index (χ3n) is 3.61. The molecule has 1 saturated heterocycles. The van der Waals surface area contributed by atoms with Gasteiger partial charge in [-0.05, 0) is 42.8 Å². The number of thiophene rings is 1. The molecule has 1 atom stereocenters. The Labute approximate surface area is 120 Å². The van der Waals surface area contributed by atoms with Crippen LogP contribution < -0.4 is 5.32 Å². The van der Waals surface area contributed by atoms with Crippen LogP contribution in [-0.2, 0) is 11.3 Å². The maximum Gasteiger partial charge on any atom is 0.227 e. The van der Waals surface area contributed by atoms with Crippen molar-refractivity contribution in [2.24, 2.45) is 11.8 Å². The lowest BCUT2D eigenvalue weighted by Gasteiger charge is -2.27. The molecule has 1 aliphatic rings. The summed E-state index contributed by atoms with van der Waals surface area (Å²) in [6, 6.07) is 2.13. The lowest BCUT2D eigenvalue weighted by atomic mass is 10.1. The molecule has 2 rings (SSSR count). The van der Waals surface area contributed by atoms with Crippen molar-refractivity contribution in [3.63, 3.8) is 0 Å². The third kappa shape index (κ3) is 3.80. The summed E-state index contributed by atoms with van der Waals surface area (Å²) in [4.78, 5) is 16.0. The van der Waals surface area contributed by atoms with Gasteiger partial charge in [0.1, 0.15) is 0 Å². The highest BCUT2D eigenvalue weighted by Crippen LogP contribution is 2.21. The maximum absolute atomic E-state index is 12.6.